The van der Waals surface area contributed by atoms with Gasteiger partial charge >= 0.3 is 5.97 Å². The lowest BCUT2D eigenvalue weighted by Gasteiger charge is -2.13. The molecule has 13 heteroatoms. The average molecular weight is 715 g/mol. The molecule has 6 aromatic rings. The second kappa shape index (κ2) is 15.7. The number of ether oxygens (including phenoxy) is 4. The Labute approximate surface area is 303 Å². The van der Waals surface area contributed by atoms with Gasteiger partial charge in [-0.2, -0.15) is 0 Å². The summed E-state index contributed by atoms with van der Waals surface area (Å²) in [5, 5.41) is 8.66. The summed E-state index contributed by atoms with van der Waals surface area (Å²) in [4.78, 5) is 52.0. The summed E-state index contributed by atoms with van der Waals surface area (Å²) in [6, 6.07) is 27.7. The SMILES string of the molecule is COC(=O)c1cccc(COc2c(-c3ccc(OCCOCCn4cc(CCN5C(=O)c6ccccc6C5=O)nn4)cc3)oc3ccccc3c2=O)c1. The average Bonchev–Trinajstić information content (AvgIpc) is 3.75. The lowest BCUT2D eigenvalue weighted by atomic mass is 10.1. The molecule has 7 rings (SSSR count). The second-order valence-corrected chi connectivity index (χ2v) is 12.1. The van der Waals surface area contributed by atoms with Crippen LogP contribution in [0.25, 0.3) is 22.3 Å². The predicted molar refractivity (Wildman–Crippen MR) is 192 cm³/mol. The van der Waals surface area contributed by atoms with Crippen molar-refractivity contribution >= 4 is 28.8 Å². The number of carbonyl (C=O) groups excluding carboxylic acids is 3. The Morgan fingerprint density at radius 1 is 0.792 bits per heavy atom. The maximum Gasteiger partial charge on any atom is 0.337 e. The minimum Gasteiger partial charge on any atom is -0.491 e. The van der Waals surface area contributed by atoms with Gasteiger partial charge in [0.1, 0.15) is 24.5 Å². The molecule has 0 unspecified atom stereocenters. The molecule has 1 aliphatic heterocycles. The molecule has 0 spiro atoms. The Hall–Kier alpha value is -6.60. The molecule has 0 aliphatic carbocycles. The number of hydrogen-bond donors (Lipinski definition) is 0. The van der Waals surface area contributed by atoms with Crippen molar-refractivity contribution in [2.24, 2.45) is 0 Å². The minimum absolute atomic E-state index is 0.0267. The zero-order valence-electron chi connectivity index (χ0n) is 28.7. The third kappa shape index (κ3) is 7.70. The van der Waals surface area contributed by atoms with E-state index in [0.717, 1.165) is 0 Å². The number of hydrogen-bond acceptors (Lipinski definition) is 11. The third-order valence-electron chi connectivity index (χ3n) is 8.62. The highest BCUT2D eigenvalue weighted by atomic mass is 16.5. The van der Waals surface area contributed by atoms with E-state index in [-0.39, 0.29) is 41.9 Å². The second-order valence-electron chi connectivity index (χ2n) is 12.1. The zero-order chi connectivity index (χ0) is 36.7. The molecule has 4 aromatic carbocycles. The summed E-state index contributed by atoms with van der Waals surface area (Å²) >= 11 is 0. The van der Waals surface area contributed by atoms with Gasteiger partial charge in [0.15, 0.2) is 5.76 Å². The number of carbonyl (C=O) groups is 3. The molecule has 0 bridgehead atoms. The number of amides is 2. The van der Waals surface area contributed by atoms with Crippen LogP contribution in [-0.2, 0) is 29.0 Å². The molecule has 268 valence electrons. The number of methoxy groups -OCH3 is 1. The number of fused-ring (bicyclic) bond motifs is 2. The van der Waals surface area contributed by atoms with Gasteiger partial charge in [-0.25, -0.2) is 9.48 Å². The van der Waals surface area contributed by atoms with Gasteiger partial charge in [0, 0.05) is 24.7 Å². The predicted octanol–water partition coefficient (Wildman–Crippen LogP) is 5.35. The van der Waals surface area contributed by atoms with Crippen molar-refractivity contribution in [3.8, 4) is 22.8 Å². The molecule has 1 aliphatic rings. The van der Waals surface area contributed by atoms with Crippen molar-refractivity contribution in [1.29, 1.82) is 0 Å². The van der Waals surface area contributed by atoms with Crippen molar-refractivity contribution < 1.29 is 37.7 Å². The third-order valence-corrected chi connectivity index (χ3v) is 8.62. The fourth-order valence-electron chi connectivity index (χ4n) is 5.92. The van der Waals surface area contributed by atoms with Gasteiger partial charge in [0.25, 0.3) is 11.8 Å². The molecular formula is C40H34N4O9. The molecule has 3 heterocycles. The van der Waals surface area contributed by atoms with E-state index in [4.69, 9.17) is 23.4 Å². The topological polar surface area (TPSA) is 152 Å². The molecule has 0 radical (unpaired) electrons. The smallest absolute Gasteiger partial charge is 0.337 e. The Morgan fingerprint density at radius 2 is 1.55 bits per heavy atom. The molecule has 53 heavy (non-hydrogen) atoms. The summed E-state index contributed by atoms with van der Waals surface area (Å²) in [6.07, 6.45) is 2.17. The van der Waals surface area contributed by atoms with Gasteiger partial charge in [-0.3, -0.25) is 19.3 Å². The summed E-state index contributed by atoms with van der Waals surface area (Å²) in [6.45, 7) is 1.72. The monoisotopic (exact) mass is 714 g/mol. The van der Waals surface area contributed by atoms with Crippen LogP contribution in [0.2, 0.25) is 0 Å². The quantitative estimate of drug-likeness (QED) is 0.0769. The minimum atomic E-state index is -0.467. The molecule has 2 amide bonds. The highest BCUT2D eigenvalue weighted by Crippen LogP contribution is 2.32. The molecule has 0 saturated carbocycles. The standard InChI is InChI=1S/C40H34N4O9/c1-49-40(48)28-8-6-7-26(23-28)25-52-37-35(45)33-11-4-5-12-34(33)53-36(37)27-13-15-30(16-14-27)51-22-21-50-20-19-43-24-29(41-42-43)17-18-44-38(46)31-9-2-3-10-32(31)39(44)47/h2-16,23-24H,17-22,25H2,1H3. The molecule has 0 N–H and O–H groups in total. The van der Waals surface area contributed by atoms with Crippen LogP contribution < -0.4 is 14.9 Å². The largest absolute Gasteiger partial charge is 0.491 e. The Balaban J connectivity index is 0.900. The van der Waals surface area contributed by atoms with Crippen LogP contribution in [0.15, 0.2) is 112 Å². The summed E-state index contributed by atoms with van der Waals surface area (Å²) in [7, 11) is 1.32. The Kier molecular flexibility index (Phi) is 10.3. The number of para-hydroxylation sites is 1. The Bertz CT molecular complexity index is 2310. The van der Waals surface area contributed by atoms with E-state index in [1.165, 1.54) is 12.0 Å². The molecule has 0 fully saturated rings. The molecule has 13 nitrogen and oxygen atoms in total. The fourth-order valence-corrected chi connectivity index (χ4v) is 5.92. The number of aromatic nitrogens is 3. The van der Waals surface area contributed by atoms with E-state index in [2.05, 4.69) is 10.3 Å². The van der Waals surface area contributed by atoms with Crippen molar-refractivity contribution in [2.75, 3.05) is 33.5 Å². The number of benzene rings is 4. The van der Waals surface area contributed by atoms with Gasteiger partial charge < -0.3 is 23.4 Å². The van der Waals surface area contributed by atoms with Crippen molar-refractivity contribution in [2.45, 2.75) is 19.6 Å². The normalized spacial score (nSPS) is 12.3. The van der Waals surface area contributed by atoms with Crippen LogP contribution in [0, 0.1) is 0 Å². The Morgan fingerprint density at radius 3 is 2.32 bits per heavy atom. The zero-order valence-corrected chi connectivity index (χ0v) is 28.7. The van der Waals surface area contributed by atoms with E-state index in [1.807, 2.05) is 0 Å². The van der Waals surface area contributed by atoms with Gasteiger partial charge in [0.05, 0.1) is 54.6 Å². The summed E-state index contributed by atoms with van der Waals surface area (Å²) in [5.41, 5.74) is 3.30. The molecule has 0 saturated heterocycles. The van der Waals surface area contributed by atoms with E-state index in [9.17, 15) is 19.2 Å². The summed E-state index contributed by atoms with van der Waals surface area (Å²) < 4.78 is 30.3. The highest BCUT2D eigenvalue weighted by Gasteiger charge is 2.34. The fraction of sp³-hybridized carbons (Fsp3) is 0.200. The highest BCUT2D eigenvalue weighted by molar-refractivity contribution is 6.21. The van der Waals surface area contributed by atoms with E-state index in [1.54, 1.807) is 108 Å². The van der Waals surface area contributed by atoms with Crippen LogP contribution in [0.4, 0.5) is 0 Å². The molecular weight excluding hydrogens is 680 g/mol. The van der Waals surface area contributed by atoms with Gasteiger partial charge in [0.2, 0.25) is 11.2 Å². The van der Waals surface area contributed by atoms with Crippen LogP contribution >= 0.6 is 0 Å². The maximum atomic E-state index is 13.6. The van der Waals surface area contributed by atoms with Crippen molar-refractivity contribution in [1.82, 2.24) is 19.9 Å². The first-order valence-corrected chi connectivity index (χ1v) is 16.9. The van der Waals surface area contributed by atoms with Crippen LogP contribution in [-0.4, -0.2) is 71.2 Å². The van der Waals surface area contributed by atoms with Crippen molar-refractivity contribution in [3.05, 3.63) is 141 Å². The lowest BCUT2D eigenvalue weighted by Crippen LogP contribution is -2.31. The first-order valence-electron chi connectivity index (χ1n) is 16.9. The van der Waals surface area contributed by atoms with Crippen molar-refractivity contribution in [3.63, 3.8) is 0 Å². The first-order chi connectivity index (χ1) is 25.9. The first kappa shape index (κ1) is 34.8. The van der Waals surface area contributed by atoms with Crippen LogP contribution in [0.5, 0.6) is 11.5 Å². The maximum absolute atomic E-state index is 13.6. The van der Waals surface area contributed by atoms with Gasteiger partial charge in [-0.05, 0) is 66.2 Å². The lowest BCUT2D eigenvalue weighted by molar-refractivity contribution is 0.0598. The summed E-state index contributed by atoms with van der Waals surface area (Å²) in [5.74, 6) is -0.129. The number of rotatable bonds is 15. The van der Waals surface area contributed by atoms with Crippen LogP contribution in [0.1, 0.15) is 42.3 Å². The molecule has 0 atom stereocenters. The van der Waals surface area contributed by atoms with Gasteiger partial charge in [-0.15, -0.1) is 5.10 Å². The van der Waals surface area contributed by atoms with E-state index in [0.29, 0.717) is 83.0 Å². The number of esters is 1. The number of imide groups is 1. The number of nitrogens with zero attached hydrogens (tertiary/aromatic N) is 4. The van der Waals surface area contributed by atoms with E-state index >= 15 is 0 Å². The van der Waals surface area contributed by atoms with E-state index < -0.39 is 5.97 Å². The van der Waals surface area contributed by atoms with Crippen LogP contribution in [0.3, 0.4) is 0 Å². The molecule has 2 aromatic heterocycles. The van der Waals surface area contributed by atoms with Gasteiger partial charge in [-0.1, -0.05) is 41.6 Å².